The second kappa shape index (κ2) is 5.62. The van der Waals surface area contributed by atoms with Gasteiger partial charge in [-0.2, -0.15) is 19.6 Å². The van der Waals surface area contributed by atoms with Crippen molar-refractivity contribution < 1.29 is 5.11 Å². The maximum atomic E-state index is 11.4. The molecule has 0 bridgehead atoms. The lowest BCUT2D eigenvalue weighted by Gasteiger charge is -2.03. The standard InChI is InChI=1S/C16H15N9O2/c1-8-17-4-5-24(8)14-21-12-9(6-11-13(26)22-16(27)20-11)7-18-25(12)15(23-14)19-10-2-3-10/h4-7,10,26H,2-3H2,1H3,(H2,20,22,27)/b9-6+,19-15?. The Balaban J connectivity index is 1.80. The minimum Gasteiger partial charge on any atom is -0.493 e. The number of aromatic amines is 2. The van der Waals surface area contributed by atoms with Crippen molar-refractivity contribution in [2.45, 2.75) is 25.8 Å². The van der Waals surface area contributed by atoms with Crippen LogP contribution < -0.4 is 16.5 Å². The molecule has 4 aromatic rings. The van der Waals surface area contributed by atoms with E-state index in [2.05, 4.69) is 35.0 Å². The summed E-state index contributed by atoms with van der Waals surface area (Å²) in [5, 5.41) is 14.8. The van der Waals surface area contributed by atoms with Gasteiger partial charge in [-0.25, -0.2) is 14.8 Å². The molecule has 0 aliphatic heterocycles. The number of rotatable bonds is 3. The zero-order valence-electron chi connectivity index (χ0n) is 14.3. The van der Waals surface area contributed by atoms with Gasteiger partial charge in [-0.05, 0) is 25.8 Å². The molecular formula is C16H15N9O2. The van der Waals surface area contributed by atoms with Crippen LogP contribution in [0.4, 0.5) is 0 Å². The summed E-state index contributed by atoms with van der Waals surface area (Å²) in [6, 6.07) is 0.251. The molecule has 1 fully saturated rings. The molecular weight excluding hydrogens is 350 g/mol. The number of hydrogen-bond donors (Lipinski definition) is 3. The van der Waals surface area contributed by atoms with Crippen LogP contribution >= 0.6 is 0 Å². The topological polar surface area (TPSA) is 142 Å². The summed E-state index contributed by atoms with van der Waals surface area (Å²) in [7, 11) is 0. The molecule has 0 amide bonds. The summed E-state index contributed by atoms with van der Waals surface area (Å²) in [6.45, 7) is 1.86. The average Bonchev–Trinajstić information content (AvgIpc) is 3.04. The fourth-order valence-corrected chi connectivity index (χ4v) is 2.77. The number of H-pyrrole nitrogens is 2. The normalized spacial score (nSPS) is 15.9. The molecule has 5 rings (SSSR count). The summed E-state index contributed by atoms with van der Waals surface area (Å²) >= 11 is 0. The lowest BCUT2D eigenvalue weighted by atomic mass is 10.3. The van der Waals surface area contributed by atoms with E-state index in [1.54, 1.807) is 33.7 Å². The van der Waals surface area contributed by atoms with E-state index in [9.17, 15) is 9.90 Å². The molecule has 4 aromatic heterocycles. The quantitative estimate of drug-likeness (QED) is 0.423. The Bertz CT molecular complexity index is 1340. The van der Waals surface area contributed by atoms with Crippen molar-refractivity contribution in [1.29, 1.82) is 0 Å². The first-order chi connectivity index (χ1) is 13.1. The molecule has 0 radical (unpaired) electrons. The van der Waals surface area contributed by atoms with Gasteiger partial charge in [0.05, 0.1) is 12.2 Å². The summed E-state index contributed by atoms with van der Waals surface area (Å²) in [6.07, 6.45) is 8.69. The molecule has 4 heterocycles. The van der Waals surface area contributed by atoms with E-state index in [1.807, 2.05) is 6.92 Å². The number of aryl methyl sites for hydroxylation is 1. The Hall–Kier alpha value is -3.76. The van der Waals surface area contributed by atoms with Crippen LogP contribution in [0, 0.1) is 6.92 Å². The predicted octanol–water partition coefficient (Wildman–Crippen LogP) is -1.05. The average molecular weight is 365 g/mol. The summed E-state index contributed by atoms with van der Waals surface area (Å²) in [5.74, 6) is 0.926. The zero-order chi connectivity index (χ0) is 18.5. The van der Waals surface area contributed by atoms with E-state index in [1.165, 1.54) is 0 Å². The van der Waals surface area contributed by atoms with Crippen molar-refractivity contribution >= 4 is 11.7 Å². The second-order valence-corrected chi connectivity index (χ2v) is 6.35. The van der Waals surface area contributed by atoms with Crippen molar-refractivity contribution in [3.05, 3.63) is 51.4 Å². The third kappa shape index (κ3) is 2.69. The van der Waals surface area contributed by atoms with Crippen LogP contribution in [0.1, 0.15) is 24.4 Å². The van der Waals surface area contributed by atoms with E-state index in [4.69, 9.17) is 0 Å². The Kier molecular flexibility index (Phi) is 3.23. The SMILES string of the molecule is Cc1nccn1-c1nc(=NC2CC2)n2nc/c(=C\c3[nH]c(=O)[nH]c3O)c2n1. The molecule has 11 nitrogen and oxygen atoms in total. The molecule has 27 heavy (non-hydrogen) atoms. The molecule has 3 N–H and O–H groups in total. The number of imidazole rings is 2. The van der Waals surface area contributed by atoms with Crippen molar-refractivity contribution in [3.63, 3.8) is 0 Å². The summed E-state index contributed by atoms with van der Waals surface area (Å²) in [5.41, 5.74) is 0.713. The molecule has 0 saturated heterocycles. The molecule has 136 valence electrons. The minimum absolute atomic E-state index is 0.245. The van der Waals surface area contributed by atoms with Crippen molar-refractivity contribution in [3.8, 4) is 11.8 Å². The summed E-state index contributed by atoms with van der Waals surface area (Å²) < 4.78 is 3.32. The van der Waals surface area contributed by atoms with Gasteiger partial charge < -0.3 is 10.1 Å². The van der Waals surface area contributed by atoms with Crippen molar-refractivity contribution in [2.75, 3.05) is 0 Å². The lowest BCUT2D eigenvalue weighted by Crippen LogP contribution is -2.25. The second-order valence-electron chi connectivity index (χ2n) is 6.35. The zero-order valence-corrected chi connectivity index (χ0v) is 14.3. The largest absolute Gasteiger partial charge is 0.493 e. The van der Waals surface area contributed by atoms with Crippen LogP contribution in [0.2, 0.25) is 0 Å². The number of hydrogen-bond acceptors (Lipinski definition) is 7. The third-order valence-electron chi connectivity index (χ3n) is 4.29. The third-order valence-corrected chi connectivity index (χ3v) is 4.29. The molecule has 1 aliphatic rings. The van der Waals surface area contributed by atoms with Gasteiger partial charge in [0.25, 0.3) is 5.62 Å². The van der Waals surface area contributed by atoms with Crippen LogP contribution in [0.3, 0.4) is 0 Å². The molecule has 0 atom stereocenters. The monoisotopic (exact) mass is 365 g/mol. The number of aromatic hydroxyl groups is 1. The van der Waals surface area contributed by atoms with Gasteiger partial charge in [-0.1, -0.05) is 0 Å². The van der Waals surface area contributed by atoms with Gasteiger partial charge in [-0.15, -0.1) is 0 Å². The first kappa shape index (κ1) is 15.5. The maximum Gasteiger partial charge on any atom is 0.326 e. The van der Waals surface area contributed by atoms with Gasteiger partial charge in [0.1, 0.15) is 11.5 Å². The van der Waals surface area contributed by atoms with Gasteiger partial charge in [0.15, 0.2) is 5.65 Å². The Labute approximate surface area is 150 Å². The Morgan fingerprint density at radius 2 is 2.19 bits per heavy atom. The first-order valence-corrected chi connectivity index (χ1v) is 8.41. The van der Waals surface area contributed by atoms with E-state index in [-0.39, 0.29) is 17.6 Å². The minimum atomic E-state index is -0.496. The van der Waals surface area contributed by atoms with Crippen LogP contribution in [0.25, 0.3) is 17.7 Å². The molecule has 0 aromatic carbocycles. The molecule has 1 saturated carbocycles. The van der Waals surface area contributed by atoms with E-state index < -0.39 is 5.69 Å². The van der Waals surface area contributed by atoms with Gasteiger partial charge >= 0.3 is 5.69 Å². The van der Waals surface area contributed by atoms with Crippen LogP contribution in [0.5, 0.6) is 5.88 Å². The number of aromatic nitrogens is 8. The van der Waals surface area contributed by atoms with Gasteiger partial charge in [0, 0.05) is 17.6 Å². The Morgan fingerprint density at radius 3 is 2.85 bits per heavy atom. The fourth-order valence-electron chi connectivity index (χ4n) is 2.77. The summed E-state index contributed by atoms with van der Waals surface area (Å²) in [4.78, 5) is 34.2. The highest BCUT2D eigenvalue weighted by molar-refractivity contribution is 5.56. The van der Waals surface area contributed by atoms with Crippen LogP contribution in [-0.2, 0) is 0 Å². The predicted molar refractivity (Wildman–Crippen MR) is 93.1 cm³/mol. The molecule has 1 aliphatic carbocycles. The number of nitrogens with zero attached hydrogens (tertiary/aromatic N) is 7. The van der Waals surface area contributed by atoms with E-state index in [0.717, 1.165) is 18.7 Å². The lowest BCUT2D eigenvalue weighted by molar-refractivity contribution is 0.454. The highest BCUT2D eigenvalue weighted by Crippen LogP contribution is 2.22. The van der Waals surface area contributed by atoms with E-state index in [0.29, 0.717) is 22.4 Å². The first-order valence-electron chi connectivity index (χ1n) is 8.41. The highest BCUT2D eigenvalue weighted by atomic mass is 16.3. The van der Waals surface area contributed by atoms with Crippen LogP contribution in [0.15, 0.2) is 28.4 Å². The maximum absolute atomic E-state index is 11.4. The van der Waals surface area contributed by atoms with E-state index >= 15 is 0 Å². The molecule has 0 unspecified atom stereocenters. The van der Waals surface area contributed by atoms with Crippen molar-refractivity contribution in [1.82, 2.24) is 39.1 Å². The van der Waals surface area contributed by atoms with Crippen molar-refractivity contribution in [2.24, 2.45) is 4.99 Å². The highest BCUT2D eigenvalue weighted by Gasteiger charge is 2.21. The smallest absolute Gasteiger partial charge is 0.326 e. The Morgan fingerprint density at radius 1 is 1.33 bits per heavy atom. The van der Waals surface area contributed by atoms with Gasteiger partial charge in [0.2, 0.25) is 11.8 Å². The number of fused-ring (bicyclic) bond motifs is 1. The van der Waals surface area contributed by atoms with Gasteiger partial charge in [-0.3, -0.25) is 9.55 Å². The number of nitrogens with one attached hydrogen (secondary N) is 2. The van der Waals surface area contributed by atoms with Crippen LogP contribution in [-0.4, -0.2) is 50.2 Å². The molecule has 0 spiro atoms. The molecule has 11 heteroatoms. The fraction of sp³-hybridized carbons (Fsp3) is 0.250.